The van der Waals surface area contributed by atoms with Crippen LogP contribution in [0.3, 0.4) is 0 Å². The standard InChI is InChI=1S/C25H26ClN3O5S2/c1-18-6-5-7-20(16-18)28-35(31,32)21-10-8-19(9-11-21)27-25(30)23-17-22(12-13-24(23)26)36(33,34)29-14-3-2-4-15-29/h5-13,16-17,28H,2-4,14-15H2,1H3,(H,27,30). The quantitative estimate of drug-likeness (QED) is 0.438. The van der Waals surface area contributed by atoms with Gasteiger partial charge in [0, 0.05) is 24.5 Å². The number of carbonyl (C=O) groups is 1. The second-order valence-corrected chi connectivity index (χ2v) is 12.6. The van der Waals surface area contributed by atoms with E-state index in [2.05, 4.69) is 10.0 Å². The Hall–Kier alpha value is -2.92. The molecule has 0 saturated carbocycles. The molecule has 36 heavy (non-hydrogen) atoms. The minimum Gasteiger partial charge on any atom is -0.322 e. The molecule has 0 spiro atoms. The largest absolute Gasteiger partial charge is 0.322 e. The van der Waals surface area contributed by atoms with Gasteiger partial charge in [0.25, 0.3) is 15.9 Å². The van der Waals surface area contributed by atoms with E-state index in [1.54, 1.807) is 18.2 Å². The molecular weight excluding hydrogens is 522 g/mol. The van der Waals surface area contributed by atoms with Crippen LogP contribution in [0.5, 0.6) is 0 Å². The highest BCUT2D eigenvalue weighted by Crippen LogP contribution is 2.26. The molecule has 1 heterocycles. The Balaban J connectivity index is 1.50. The Morgan fingerprint density at radius 3 is 2.17 bits per heavy atom. The lowest BCUT2D eigenvalue weighted by molar-refractivity contribution is 0.102. The average molecular weight is 548 g/mol. The van der Waals surface area contributed by atoms with Crippen molar-refractivity contribution in [3.8, 4) is 0 Å². The highest BCUT2D eigenvalue weighted by molar-refractivity contribution is 7.92. The van der Waals surface area contributed by atoms with Crippen molar-refractivity contribution in [2.24, 2.45) is 0 Å². The summed E-state index contributed by atoms with van der Waals surface area (Å²) in [5, 5.41) is 2.75. The average Bonchev–Trinajstić information content (AvgIpc) is 2.85. The van der Waals surface area contributed by atoms with Crippen LogP contribution in [0.1, 0.15) is 35.2 Å². The molecule has 190 valence electrons. The van der Waals surface area contributed by atoms with Crippen molar-refractivity contribution in [3.05, 3.63) is 82.9 Å². The first-order valence-corrected chi connectivity index (χ1v) is 14.7. The smallest absolute Gasteiger partial charge is 0.261 e. The van der Waals surface area contributed by atoms with Crippen LogP contribution in [0, 0.1) is 6.92 Å². The number of benzene rings is 3. The predicted octanol–water partition coefficient (Wildman–Crippen LogP) is 4.88. The molecular formula is C25H26ClN3O5S2. The van der Waals surface area contributed by atoms with Gasteiger partial charge in [-0.15, -0.1) is 0 Å². The zero-order valence-corrected chi connectivity index (χ0v) is 22.0. The number of halogens is 1. The summed E-state index contributed by atoms with van der Waals surface area (Å²) < 4.78 is 55.3. The number of sulfonamides is 2. The van der Waals surface area contributed by atoms with Crippen LogP contribution in [0.4, 0.5) is 11.4 Å². The monoisotopic (exact) mass is 547 g/mol. The van der Waals surface area contributed by atoms with Gasteiger partial charge < -0.3 is 5.32 Å². The number of aryl methyl sites for hydroxylation is 1. The van der Waals surface area contributed by atoms with E-state index < -0.39 is 26.0 Å². The maximum absolute atomic E-state index is 13.0. The van der Waals surface area contributed by atoms with E-state index in [1.807, 2.05) is 13.0 Å². The SMILES string of the molecule is Cc1cccc(NS(=O)(=O)c2ccc(NC(=O)c3cc(S(=O)(=O)N4CCCCC4)ccc3Cl)cc2)c1. The van der Waals surface area contributed by atoms with Gasteiger partial charge in [-0.1, -0.05) is 30.2 Å². The highest BCUT2D eigenvalue weighted by Gasteiger charge is 2.27. The van der Waals surface area contributed by atoms with E-state index in [0.29, 0.717) is 24.5 Å². The third-order valence-corrected chi connectivity index (χ3v) is 9.45. The molecule has 0 unspecified atom stereocenters. The molecule has 0 aliphatic carbocycles. The molecule has 4 rings (SSSR count). The van der Waals surface area contributed by atoms with Crippen molar-refractivity contribution in [2.75, 3.05) is 23.1 Å². The van der Waals surface area contributed by atoms with E-state index >= 15 is 0 Å². The van der Waals surface area contributed by atoms with Crippen molar-refractivity contribution in [1.82, 2.24) is 4.31 Å². The lowest BCUT2D eigenvalue weighted by atomic mass is 10.2. The van der Waals surface area contributed by atoms with Gasteiger partial charge in [0.15, 0.2) is 0 Å². The minimum atomic E-state index is -3.82. The van der Waals surface area contributed by atoms with Crippen LogP contribution in [0.15, 0.2) is 76.5 Å². The second kappa shape index (κ2) is 10.6. The zero-order chi connectivity index (χ0) is 25.9. The minimum absolute atomic E-state index is 0.00242. The summed E-state index contributed by atoms with van der Waals surface area (Å²) >= 11 is 6.21. The Morgan fingerprint density at radius 2 is 1.50 bits per heavy atom. The van der Waals surface area contributed by atoms with Crippen molar-refractivity contribution in [2.45, 2.75) is 36.0 Å². The Morgan fingerprint density at radius 1 is 0.833 bits per heavy atom. The molecule has 0 atom stereocenters. The summed E-state index contributed by atoms with van der Waals surface area (Å²) in [4.78, 5) is 12.9. The van der Waals surface area contributed by atoms with Gasteiger partial charge in [0.2, 0.25) is 10.0 Å². The third kappa shape index (κ3) is 5.89. The number of amides is 1. The molecule has 3 aromatic carbocycles. The van der Waals surface area contributed by atoms with Crippen LogP contribution < -0.4 is 10.0 Å². The predicted molar refractivity (Wildman–Crippen MR) is 140 cm³/mol. The number of hydrogen-bond donors (Lipinski definition) is 2. The van der Waals surface area contributed by atoms with Gasteiger partial charge in [-0.05, 0) is 79.9 Å². The topological polar surface area (TPSA) is 113 Å². The number of rotatable bonds is 7. The number of anilines is 2. The lowest BCUT2D eigenvalue weighted by Crippen LogP contribution is -2.35. The van der Waals surface area contributed by atoms with Gasteiger partial charge in [0.1, 0.15) is 0 Å². The van der Waals surface area contributed by atoms with Crippen molar-refractivity contribution in [1.29, 1.82) is 0 Å². The highest BCUT2D eigenvalue weighted by atomic mass is 35.5. The number of piperidine rings is 1. The molecule has 0 radical (unpaired) electrons. The second-order valence-electron chi connectivity index (χ2n) is 8.56. The van der Waals surface area contributed by atoms with E-state index in [0.717, 1.165) is 24.8 Å². The van der Waals surface area contributed by atoms with Crippen LogP contribution in [-0.2, 0) is 20.0 Å². The first-order valence-electron chi connectivity index (χ1n) is 11.4. The summed E-state index contributed by atoms with van der Waals surface area (Å²) in [5.41, 5.74) is 1.70. The maximum Gasteiger partial charge on any atom is 0.261 e. The molecule has 11 heteroatoms. The lowest BCUT2D eigenvalue weighted by Gasteiger charge is -2.26. The molecule has 8 nitrogen and oxygen atoms in total. The molecule has 2 N–H and O–H groups in total. The Kier molecular flexibility index (Phi) is 7.70. The summed E-state index contributed by atoms with van der Waals surface area (Å²) in [6.07, 6.45) is 2.58. The van der Waals surface area contributed by atoms with E-state index in [9.17, 15) is 21.6 Å². The Labute approximate surface area is 216 Å². The van der Waals surface area contributed by atoms with Gasteiger partial charge in [-0.2, -0.15) is 4.31 Å². The first kappa shape index (κ1) is 26.2. The van der Waals surface area contributed by atoms with E-state index in [1.165, 1.54) is 46.8 Å². The number of nitrogens with zero attached hydrogens (tertiary/aromatic N) is 1. The van der Waals surface area contributed by atoms with Crippen molar-refractivity contribution >= 4 is 48.9 Å². The fraction of sp³-hybridized carbons (Fsp3) is 0.240. The molecule has 3 aromatic rings. The van der Waals surface area contributed by atoms with E-state index in [-0.39, 0.29) is 20.4 Å². The number of nitrogens with one attached hydrogen (secondary N) is 2. The molecule has 1 fully saturated rings. The molecule has 0 bridgehead atoms. The number of carbonyl (C=O) groups excluding carboxylic acids is 1. The normalized spacial score (nSPS) is 14.8. The van der Waals surface area contributed by atoms with Gasteiger partial charge in [-0.3, -0.25) is 9.52 Å². The van der Waals surface area contributed by atoms with E-state index in [4.69, 9.17) is 11.6 Å². The Bertz CT molecular complexity index is 1480. The van der Waals surface area contributed by atoms with Crippen molar-refractivity contribution in [3.63, 3.8) is 0 Å². The summed E-state index contributed by atoms with van der Waals surface area (Å²) in [6, 6.07) is 16.7. The van der Waals surface area contributed by atoms with Crippen molar-refractivity contribution < 1.29 is 21.6 Å². The molecule has 0 aromatic heterocycles. The van der Waals surface area contributed by atoms with Crippen LogP contribution in [0.25, 0.3) is 0 Å². The van der Waals surface area contributed by atoms with Gasteiger partial charge >= 0.3 is 0 Å². The van der Waals surface area contributed by atoms with Gasteiger partial charge in [-0.25, -0.2) is 16.8 Å². The first-order chi connectivity index (χ1) is 17.1. The summed E-state index contributed by atoms with van der Waals surface area (Å²) in [6.45, 7) is 2.75. The molecule has 1 saturated heterocycles. The summed E-state index contributed by atoms with van der Waals surface area (Å²) in [7, 11) is -7.56. The van der Waals surface area contributed by atoms with Crippen LogP contribution in [-0.4, -0.2) is 40.1 Å². The molecule has 1 aliphatic heterocycles. The fourth-order valence-corrected chi connectivity index (χ4v) is 6.73. The van der Waals surface area contributed by atoms with Crippen LogP contribution in [0.2, 0.25) is 5.02 Å². The van der Waals surface area contributed by atoms with Gasteiger partial charge in [0.05, 0.1) is 20.4 Å². The van der Waals surface area contributed by atoms with Crippen LogP contribution >= 0.6 is 11.6 Å². The maximum atomic E-state index is 13.0. The third-order valence-electron chi connectivity index (χ3n) is 5.83. The number of hydrogen-bond acceptors (Lipinski definition) is 5. The molecule has 1 aliphatic rings. The zero-order valence-electron chi connectivity index (χ0n) is 19.6. The molecule has 1 amide bonds. The summed E-state index contributed by atoms with van der Waals surface area (Å²) in [5.74, 6) is -0.607. The fourth-order valence-electron chi connectivity index (χ4n) is 3.93.